The number of fused-ring (bicyclic) bond motifs is 1. The van der Waals surface area contributed by atoms with Gasteiger partial charge in [-0.1, -0.05) is 6.07 Å². The van der Waals surface area contributed by atoms with Gasteiger partial charge in [0.05, 0.1) is 19.3 Å². The molecule has 124 valence electrons. The molecule has 5 nitrogen and oxygen atoms in total. The molecule has 2 rings (SSSR count). The first-order valence-corrected chi connectivity index (χ1v) is 7.75. The molecule has 2 atom stereocenters. The quantitative estimate of drug-likeness (QED) is 0.761. The highest BCUT2D eigenvalue weighted by Gasteiger charge is 2.46. The number of benzene rings is 1. The summed E-state index contributed by atoms with van der Waals surface area (Å²) in [5.41, 5.74) is 2.27. The number of aryl methyl sites for hydroxylation is 2. The molecular formula is C17H27NO4. The van der Waals surface area contributed by atoms with E-state index in [1.807, 2.05) is 44.7 Å². The van der Waals surface area contributed by atoms with Crippen molar-refractivity contribution in [2.75, 3.05) is 26.3 Å². The van der Waals surface area contributed by atoms with E-state index in [0.717, 1.165) is 22.4 Å². The Morgan fingerprint density at radius 3 is 2.27 bits per heavy atom. The van der Waals surface area contributed by atoms with Gasteiger partial charge >= 0.3 is 0 Å². The number of rotatable bonds is 5. The molecule has 1 aromatic carbocycles. The molecule has 1 aliphatic rings. The van der Waals surface area contributed by atoms with E-state index in [0.29, 0.717) is 13.1 Å². The first-order chi connectivity index (χ1) is 10.3. The zero-order chi connectivity index (χ0) is 16.5. The number of nitrogens with zero attached hydrogens (tertiary/aromatic N) is 1. The Morgan fingerprint density at radius 2 is 1.73 bits per heavy atom. The van der Waals surface area contributed by atoms with E-state index in [2.05, 4.69) is 0 Å². The summed E-state index contributed by atoms with van der Waals surface area (Å²) < 4.78 is 6.17. The molecule has 1 aliphatic heterocycles. The van der Waals surface area contributed by atoms with E-state index in [-0.39, 0.29) is 19.3 Å². The second kappa shape index (κ2) is 6.54. The summed E-state index contributed by atoms with van der Waals surface area (Å²) in [6.07, 6.45) is -0.725. The van der Waals surface area contributed by atoms with E-state index in [1.54, 1.807) is 0 Å². The van der Waals surface area contributed by atoms with Gasteiger partial charge in [-0.2, -0.15) is 0 Å². The molecule has 0 bridgehead atoms. The van der Waals surface area contributed by atoms with Gasteiger partial charge < -0.3 is 20.1 Å². The van der Waals surface area contributed by atoms with Gasteiger partial charge in [0.1, 0.15) is 17.5 Å². The zero-order valence-corrected chi connectivity index (χ0v) is 13.8. The van der Waals surface area contributed by atoms with Gasteiger partial charge in [-0.3, -0.25) is 4.90 Å². The minimum Gasteiger partial charge on any atom is -0.486 e. The van der Waals surface area contributed by atoms with Crippen LogP contribution in [0, 0.1) is 13.8 Å². The fourth-order valence-corrected chi connectivity index (χ4v) is 3.57. The maximum Gasteiger partial charge on any atom is 0.126 e. The second-order valence-electron chi connectivity index (χ2n) is 6.57. The molecule has 2 unspecified atom stereocenters. The van der Waals surface area contributed by atoms with Crippen molar-refractivity contribution in [2.45, 2.75) is 45.4 Å². The lowest BCUT2D eigenvalue weighted by Gasteiger charge is -2.48. The molecule has 0 saturated carbocycles. The lowest BCUT2D eigenvalue weighted by molar-refractivity contribution is -0.0886. The number of aliphatic hydroxyl groups excluding tert-OH is 3. The smallest absolute Gasteiger partial charge is 0.126 e. The van der Waals surface area contributed by atoms with Gasteiger partial charge in [-0.05, 0) is 44.9 Å². The van der Waals surface area contributed by atoms with Crippen molar-refractivity contribution in [3.05, 3.63) is 28.8 Å². The summed E-state index contributed by atoms with van der Waals surface area (Å²) in [6, 6.07) is 3.65. The molecule has 0 radical (unpaired) electrons. The van der Waals surface area contributed by atoms with E-state index < -0.39 is 11.7 Å². The number of hydrogen-bond acceptors (Lipinski definition) is 5. The van der Waals surface area contributed by atoms with Crippen LogP contribution in [0.4, 0.5) is 0 Å². The highest BCUT2D eigenvalue weighted by molar-refractivity contribution is 5.47. The first-order valence-electron chi connectivity index (χ1n) is 7.75. The van der Waals surface area contributed by atoms with Crippen molar-refractivity contribution in [3.63, 3.8) is 0 Å². The van der Waals surface area contributed by atoms with Gasteiger partial charge in [-0.15, -0.1) is 0 Å². The lowest BCUT2D eigenvalue weighted by Crippen LogP contribution is -2.59. The van der Waals surface area contributed by atoms with Crippen molar-refractivity contribution >= 4 is 0 Å². The van der Waals surface area contributed by atoms with Gasteiger partial charge in [-0.25, -0.2) is 0 Å². The maximum atomic E-state index is 11.0. The Bertz CT molecular complexity index is 524. The molecule has 0 spiro atoms. The van der Waals surface area contributed by atoms with Crippen molar-refractivity contribution in [1.29, 1.82) is 0 Å². The molecule has 0 aromatic heterocycles. The predicted octanol–water partition coefficient (Wildman–Crippen LogP) is 1.16. The van der Waals surface area contributed by atoms with Crippen LogP contribution in [-0.2, 0) is 0 Å². The Labute approximate surface area is 132 Å². The fraction of sp³-hybridized carbons (Fsp3) is 0.647. The summed E-state index contributed by atoms with van der Waals surface area (Å²) in [5.74, 6) is 0.721. The third-order valence-corrected chi connectivity index (χ3v) is 4.34. The predicted molar refractivity (Wildman–Crippen MR) is 85.1 cm³/mol. The average Bonchev–Trinajstić information content (AvgIpc) is 2.36. The van der Waals surface area contributed by atoms with Crippen LogP contribution in [0.15, 0.2) is 12.1 Å². The summed E-state index contributed by atoms with van der Waals surface area (Å²) in [4.78, 5) is 1.90. The minimum absolute atomic E-state index is 0.0287. The molecule has 3 N–H and O–H groups in total. The molecule has 5 heteroatoms. The Kier molecular flexibility index (Phi) is 5.12. The van der Waals surface area contributed by atoms with Crippen LogP contribution in [0.1, 0.15) is 36.6 Å². The van der Waals surface area contributed by atoms with Crippen LogP contribution < -0.4 is 4.74 Å². The van der Waals surface area contributed by atoms with Gasteiger partial charge in [0.2, 0.25) is 0 Å². The van der Waals surface area contributed by atoms with Crippen LogP contribution in [0.5, 0.6) is 5.75 Å². The summed E-state index contributed by atoms with van der Waals surface area (Å²) in [5, 5.41) is 29.5. The Balaban J connectivity index is 2.47. The third-order valence-electron chi connectivity index (χ3n) is 4.34. The molecule has 0 fully saturated rings. The monoisotopic (exact) mass is 309 g/mol. The number of aliphatic hydroxyl groups is 3. The average molecular weight is 309 g/mol. The van der Waals surface area contributed by atoms with Crippen molar-refractivity contribution in [3.8, 4) is 5.75 Å². The van der Waals surface area contributed by atoms with Gasteiger partial charge in [0.25, 0.3) is 0 Å². The summed E-state index contributed by atoms with van der Waals surface area (Å²) in [7, 11) is 0. The third kappa shape index (κ3) is 3.13. The first kappa shape index (κ1) is 17.2. The van der Waals surface area contributed by atoms with E-state index in [1.165, 1.54) is 0 Å². The van der Waals surface area contributed by atoms with Crippen LogP contribution in [0.25, 0.3) is 0 Å². The molecule has 1 aromatic rings. The van der Waals surface area contributed by atoms with Crippen LogP contribution >= 0.6 is 0 Å². The number of hydrogen-bond donors (Lipinski definition) is 3. The van der Waals surface area contributed by atoms with Crippen molar-refractivity contribution in [1.82, 2.24) is 4.90 Å². The Hall–Kier alpha value is -1.14. The second-order valence-corrected chi connectivity index (χ2v) is 6.57. The van der Waals surface area contributed by atoms with Gasteiger partial charge in [0, 0.05) is 18.7 Å². The molecule has 0 saturated heterocycles. The maximum absolute atomic E-state index is 11.0. The zero-order valence-electron chi connectivity index (χ0n) is 13.8. The van der Waals surface area contributed by atoms with Crippen molar-refractivity contribution in [2.24, 2.45) is 0 Å². The number of ether oxygens (including phenoxy) is 1. The highest BCUT2D eigenvalue weighted by Crippen LogP contribution is 2.44. The van der Waals surface area contributed by atoms with Crippen LogP contribution in [0.2, 0.25) is 0 Å². The van der Waals surface area contributed by atoms with Crippen molar-refractivity contribution < 1.29 is 20.1 Å². The SMILES string of the molecule is Cc1cc(C)c2c(c1)OC(C)(C)C(N(CCO)CCO)C2O. The van der Waals surface area contributed by atoms with Gasteiger partial charge in [0.15, 0.2) is 0 Å². The summed E-state index contributed by atoms with van der Waals surface area (Å²) in [6.45, 7) is 8.55. The standard InChI is InChI=1S/C17H27NO4/c1-11-9-12(2)14-13(10-11)22-17(3,4)16(15(14)21)18(5-7-19)6-8-20/h9-10,15-16,19-21H,5-8H2,1-4H3. The van der Waals surface area contributed by atoms with Crippen LogP contribution in [-0.4, -0.2) is 58.2 Å². The van der Waals surface area contributed by atoms with Crippen LogP contribution in [0.3, 0.4) is 0 Å². The fourth-order valence-electron chi connectivity index (χ4n) is 3.57. The lowest BCUT2D eigenvalue weighted by atomic mass is 9.82. The minimum atomic E-state index is -0.725. The van der Waals surface area contributed by atoms with E-state index in [9.17, 15) is 15.3 Å². The molecule has 0 amide bonds. The Morgan fingerprint density at radius 1 is 1.14 bits per heavy atom. The molecule has 0 aliphatic carbocycles. The molecular weight excluding hydrogens is 282 g/mol. The van der Waals surface area contributed by atoms with E-state index >= 15 is 0 Å². The normalized spacial score (nSPS) is 23.3. The molecule has 1 heterocycles. The van der Waals surface area contributed by atoms with E-state index in [4.69, 9.17) is 4.74 Å². The molecule has 22 heavy (non-hydrogen) atoms. The summed E-state index contributed by atoms with van der Waals surface area (Å²) >= 11 is 0. The highest BCUT2D eigenvalue weighted by atomic mass is 16.5. The largest absolute Gasteiger partial charge is 0.486 e. The topological polar surface area (TPSA) is 73.2 Å².